The molecule has 1 nitrogen and oxygen atoms in total. The lowest BCUT2D eigenvalue weighted by atomic mass is 10.2. The maximum absolute atomic E-state index is 8.28. The van der Waals surface area contributed by atoms with Crippen LogP contribution in [0.25, 0.3) is 6.08 Å². The molecule has 1 aromatic rings. The topological polar surface area (TPSA) is 23.8 Å². The number of benzene rings is 1. The second kappa shape index (κ2) is 4.14. The molecule has 0 heterocycles. The van der Waals surface area contributed by atoms with Crippen LogP contribution in [0.15, 0.2) is 30.3 Å². The fourth-order valence-corrected chi connectivity index (χ4v) is 1.30. The van der Waals surface area contributed by atoms with Crippen molar-refractivity contribution in [3.8, 4) is 6.07 Å². The van der Waals surface area contributed by atoms with E-state index in [1.807, 2.05) is 36.4 Å². The minimum absolute atomic E-state index is 1.09. The van der Waals surface area contributed by atoms with Gasteiger partial charge in [-0.1, -0.05) is 18.2 Å². The molecule has 0 bridgehead atoms. The van der Waals surface area contributed by atoms with Crippen molar-refractivity contribution in [2.75, 3.05) is 0 Å². The molecule has 0 radical (unpaired) electrons. The van der Waals surface area contributed by atoms with Gasteiger partial charge in [-0.2, -0.15) is 5.26 Å². The largest absolute Gasteiger partial charge is 0.193 e. The number of halogens is 1. The van der Waals surface area contributed by atoms with Crippen LogP contribution in [0.3, 0.4) is 0 Å². The molecule has 0 aliphatic heterocycles. The molecule has 0 spiro atoms. The lowest BCUT2D eigenvalue weighted by Gasteiger charge is -1.93. The number of nitriles is 1. The van der Waals surface area contributed by atoms with E-state index in [0.29, 0.717) is 0 Å². The summed E-state index contributed by atoms with van der Waals surface area (Å²) in [5.74, 6) is 0. The van der Waals surface area contributed by atoms with Crippen LogP contribution < -0.4 is 0 Å². The van der Waals surface area contributed by atoms with Gasteiger partial charge in [0.2, 0.25) is 0 Å². The number of rotatable bonds is 1. The van der Waals surface area contributed by atoms with Crippen LogP contribution in [0, 0.1) is 14.9 Å². The zero-order chi connectivity index (χ0) is 8.10. The molecule has 11 heavy (non-hydrogen) atoms. The predicted octanol–water partition coefficient (Wildman–Crippen LogP) is 2.83. The molecule has 0 fully saturated rings. The summed E-state index contributed by atoms with van der Waals surface area (Å²) >= 11 is 2.24. The van der Waals surface area contributed by atoms with Crippen molar-refractivity contribution in [1.29, 1.82) is 5.26 Å². The Kier molecular flexibility index (Phi) is 3.12. The van der Waals surface area contributed by atoms with Gasteiger partial charge in [0.25, 0.3) is 0 Å². The van der Waals surface area contributed by atoms with E-state index in [2.05, 4.69) is 22.6 Å². The molecule has 0 aromatic heterocycles. The van der Waals surface area contributed by atoms with Crippen molar-refractivity contribution in [3.05, 3.63) is 39.5 Å². The maximum Gasteiger partial charge on any atom is 0.0912 e. The first-order valence-corrected chi connectivity index (χ1v) is 4.23. The third kappa shape index (κ3) is 2.35. The Morgan fingerprint density at radius 3 is 2.73 bits per heavy atom. The summed E-state index contributed by atoms with van der Waals surface area (Å²) in [7, 11) is 0. The van der Waals surface area contributed by atoms with Crippen LogP contribution in [0.2, 0.25) is 0 Å². The van der Waals surface area contributed by atoms with Gasteiger partial charge < -0.3 is 0 Å². The number of nitrogens with zero attached hydrogens (tertiary/aromatic N) is 1. The van der Waals surface area contributed by atoms with Gasteiger partial charge in [0.15, 0.2) is 0 Å². The molecule has 0 atom stereocenters. The van der Waals surface area contributed by atoms with Gasteiger partial charge in [-0.05, 0) is 40.3 Å². The van der Waals surface area contributed by atoms with E-state index in [1.165, 1.54) is 6.08 Å². The summed E-state index contributed by atoms with van der Waals surface area (Å²) in [6.45, 7) is 0. The third-order valence-corrected chi connectivity index (χ3v) is 2.23. The Morgan fingerprint density at radius 1 is 1.36 bits per heavy atom. The first kappa shape index (κ1) is 8.28. The fourth-order valence-electron chi connectivity index (χ4n) is 0.737. The van der Waals surface area contributed by atoms with Crippen LogP contribution in [-0.4, -0.2) is 0 Å². The quantitative estimate of drug-likeness (QED) is 0.559. The Morgan fingerprint density at radius 2 is 2.09 bits per heavy atom. The highest BCUT2D eigenvalue weighted by Gasteiger charge is 1.90. The van der Waals surface area contributed by atoms with Crippen molar-refractivity contribution in [2.45, 2.75) is 0 Å². The van der Waals surface area contributed by atoms with Gasteiger partial charge in [-0.15, -0.1) is 0 Å². The molecular formula is C9H6IN. The van der Waals surface area contributed by atoms with Gasteiger partial charge in [0, 0.05) is 9.65 Å². The van der Waals surface area contributed by atoms with Crippen LogP contribution >= 0.6 is 22.6 Å². The summed E-state index contributed by atoms with van der Waals surface area (Å²) < 4.78 is 1.16. The van der Waals surface area contributed by atoms with E-state index in [9.17, 15) is 0 Å². The Balaban J connectivity index is 2.97. The SMILES string of the molecule is N#CC=Cc1ccccc1I. The molecule has 0 saturated carbocycles. The summed E-state index contributed by atoms with van der Waals surface area (Å²) in [6, 6.07) is 9.89. The number of hydrogen-bond acceptors (Lipinski definition) is 1. The highest BCUT2D eigenvalue weighted by Crippen LogP contribution is 2.12. The second-order valence-corrected chi connectivity index (χ2v) is 3.15. The predicted molar refractivity (Wildman–Crippen MR) is 53.8 cm³/mol. The van der Waals surface area contributed by atoms with Crippen LogP contribution in [0.1, 0.15) is 5.56 Å². The van der Waals surface area contributed by atoms with Gasteiger partial charge >= 0.3 is 0 Å². The molecule has 0 aliphatic rings. The summed E-state index contributed by atoms with van der Waals surface area (Å²) in [4.78, 5) is 0. The maximum atomic E-state index is 8.28. The normalized spacial score (nSPS) is 9.82. The average molecular weight is 255 g/mol. The van der Waals surface area contributed by atoms with E-state index >= 15 is 0 Å². The smallest absolute Gasteiger partial charge is 0.0912 e. The van der Waals surface area contributed by atoms with E-state index < -0.39 is 0 Å². The monoisotopic (exact) mass is 255 g/mol. The van der Waals surface area contributed by atoms with Crippen molar-refractivity contribution in [2.24, 2.45) is 0 Å². The minimum atomic E-state index is 1.09. The molecule has 2 heteroatoms. The molecule has 0 amide bonds. The Hall–Kier alpha value is -0.820. The molecule has 0 saturated heterocycles. The van der Waals surface area contributed by atoms with Crippen LogP contribution in [0.4, 0.5) is 0 Å². The lowest BCUT2D eigenvalue weighted by molar-refractivity contribution is 1.53. The number of allylic oxidation sites excluding steroid dienone is 1. The molecule has 1 rings (SSSR count). The van der Waals surface area contributed by atoms with Gasteiger partial charge in [-0.3, -0.25) is 0 Å². The standard InChI is InChI=1S/C9H6IN/c10-9-6-2-1-4-8(9)5-3-7-11/h1-6H. The first-order chi connectivity index (χ1) is 5.34. The van der Waals surface area contributed by atoms with Crippen molar-refractivity contribution in [3.63, 3.8) is 0 Å². The van der Waals surface area contributed by atoms with E-state index in [-0.39, 0.29) is 0 Å². The van der Waals surface area contributed by atoms with Crippen LogP contribution in [-0.2, 0) is 0 Å². The zero-order valence-corrected chi connectivity index (χ0v) is 7.95. The molecule has 54 valence electrons. The van der Waals surface area contributed by atoms with E-state index in [4.69, 9.17) is 5.26 Å². The zero-order valence-electron chi connectivity index (χ0n) is 5.79. The minimum Gasteiger partial charge on any atom is -0.193 e. The van der Waals surface area contributed by atoms with E-state index in [1.54, 1.807) is 0 Å². The molecule has 0 aliphatic carbocycles. The van der Waals surface area contributed by atoms with Crippen molar-refractivity contribution >= 4 is 28.7 Å². The van der Waals surface area contributed by atoms with Crippen molar-refractivity contribution in [1.82, 2.24) is 0 Å². The Bertz CT molecular complexity index is 310. The highest BCUT2D eigenvalue weighted by atomic mass is 127. The molecule has 0 unspecified atom stereocenters. The van der Waals surface area contributed by atoms with Crippen LogP contribution in [0.5, 0.6) is 0 Å². The molecule has 1 aromatic carbocycles. The lowest BCUT2D eigenvalue weighted by Crippen LogP contribution is -1.76. The third-order valence-electron chi connectivity index (χ3n) is 1.24. The summed E-state index contributed by atoms with van der Waals surface area (Å²) in [6.07, 6.45) is 3.29. The van der Waals surface area contributed by atoms with E-state index in [0.717, 1.165) is 9.13 Å². The average Bonchev–Trinajstić information content (AvgIpc) is 2.03. The molecular weight excluding hydrogens is 249 g/mol. The summed E-state index contributed by atoms with van der Waals surface area (Å²) in [5, 5.41) is 8.28. The first-order valence-electron chi connectivity index (χ1n) is 3.15. The second-order valence-electron chi connectivity index (χ2n) is 1.98. The summed E-state index contributed by atoms with van der Waals surface area (Å²) in [5.41, 5.74) is 1.09. The molecule has 0 N–H and O–H groups in total. The van der Waals surface area contributed by atoms with Gasteiger partial charge in [0.1, 0.15) is 0 Å². The van der Waals surface area contributed by atoms with Crippen molar-refractivity contribution < 1.29 is 0 Å². The highest BCUT2D eigenvalue weighted by molar-refractivity contribution is 14.1. The van der Waals surface area contributed by atoms with Gasteiger partial charge in [0.05, 0.1) is 6.07 Å². The fraction of sp³-hybridized carbons (Fsp3) is 0. The van der Waals surface area contributed by atoms with Gasteiger partial charge in [-0.25, -0.2) is 0 Å². The Labute approximate surface area is 79.5 Å². The number of hydrogen-bond donors (Lipinski definition) is 0.